The summed E-state index contributed by atoms with van der Waals surface area (Å²) >= 11 is 5.86. The molecule has 2 rings (SSSR count). The molecule has 10 nitrogen and oxygen atoms in total. The topological polar surface area (TPSA) is 129 Å². The summed E-state index contributed by atoms with van der Waals surface area (Å²) in [6, 6.07) is -0.917. The Hall–Kier alpha value is -2.85. The summed E-state index contributed by atoms with van der Waals surface area (Å²) in [7, 11) is 2.75. The fourth-order valence-electron chi connectivity index (χ4n) is 2.64. The van der Waals surface area contributed by atoms with Crippen LogP contribution in [0.15, 0.2) is 12.4 Å². The summed E-state index contributed by atoms with van der Waals surface area (Å²) in [5.74, 6) is 0.0206. The van der Waals surface area contributed by atoms with Crippen molar-refractivity contribution in [3.05, 3.63) is 50.3 Å². The highest BCUT2D eigenvalue weighted by Gasteiger charge is 2.30. The summed E-state index contributed by atoms with van der Waals surface area (Å²) < 4.78 is 10.0. The minimum absolute atomic E-state index is 0.0228. The van der Waals surface area contributed by atoms with Crippen LogP contribution in [-0.4, -0.2) is 46.6 Å². The number of aryl methyl sites for hydroxylation is 1. The van der Waals surface area contributed by atoms with E-state index in [9.17, 15) is 14.9 Å². The van der Waals surface area contributed by atoms with Gasteiger partial charge in [-0.2, -0.15) is 0 Å². The molecule has 0 aliphatic carbocycles. The first-order valence-corrected chi connectivity index (χ1v) is 8.15. The second kappa shape index (κ2) is 8.69. The van der Waals surface area contributed by atoms with Gasteiger partial charge in [0.2, 0.25) is 5.28 Å². The van der Waals surface area contributed by atoms with Crippen LogP contribution in [-0.2, 0) is 9.53 Å². The number of nitro groups is 1. The first-order valence-electron chi connectivity index (χ1n) is 7.77. The first-order chi connectivity index (χ1) is 12.8. The molecule has 0 aromatic carbocycles. The first kappa shape index (κ1) is 20.5. The van der Waals surface area contributed by atoms with Crippen LogP contribution in [0.4, 0.5) is 5.69 Å². The molecule has 27 heavy (non-hydrogen) atoms. The normalized spacial score (nSPS) is 11.7. The number of rotatable bonds is 7. The van der Waals surface area contributed by atoms with Crippen LogP contribution in [0.1, 0.15) is 28.6 Å². The van der Waals surface area contributed by atoms with Crippen molar-refractivity contribution >= 4 is 23.3 Å². The number of ether oxygens (including phenoxy) is 2. The van der Waals surface area contributed by atoms with Crippen molar-refractivity contribution in [3.8, 4) is 5.75 Å². The number of halogens is 1. The molecule has 0 spiro atoms. The molecule has 1 atom stereocenters. The number of hydrogen-bond donors (Lipinski definition) is 1. The van der Waals surface area contributed by atoms with Crippen molar-refractivity contribution in [2.24, 2.45) is 0 Å². The SMILES string of the molecule is COC(=O)CNC(c1nc(Cl)ncc1[N+](=O)[O-])c1ncc(C)c(OC)c1C. The van der Waals surface area contributed by atoms with Crippen LogP contribution >= 0.6 is 11.6 Å². The fraction of sp³-hybridized carbons (Fsp3) is 0.375. The van der Waals surface area contributed by atoms with E-state index >= 15 is 0 Å². The maximum absolute atomic E-state index is 11.6. The van der Waals surface area contributed by atoms with E-state index in [0.29, 0.717) is 17.0 Å². The van der Waals surface area contributed by atoms with E-state index in [1.54, 1.807) is 13.1 Å². The van der Waals surface area contributed by atoms with Gasteiger partial charge < -0.3 is 9.47 Å². The van der Waals surface area contributed by atoms with Crippen molar-refractivity contribution in [2.75, 3.05) is 20.8 Å². The fourth-order valence-corrected chi connectivity index (χ4v) is 2.78. The van der Waals surface area contributed by atoms with Gasteiger partial charge in [0.1, 0.15) is 23.7 Å². The van der Waals surface area contributed by atoms with Crippen LogP contribution in [0.2, 0.25) is 5.28 Å². The Morgan fingerprint density at radius 1 is 1.30 bits per heavy atom. The number of carbonyl (C=O) groups excluding carboxylic acids is 1. The van der Waals surface area contributed by atoms with Gasteiger partial charge in [-0.25, -0.2) is 9.97 Å². The van der Waals surface area contributed by atoms with Crippen LogP contribution in [0.25, 0.3) is 0 Å². The maximum Gasteiger partial charge on any atom is 0.319 e. The average molecular weight is 396 g/mol. The van der Waals surface area contributed by atoms with E-state index in [4.69, 9.17) is 16.3 Å². The second-order valence-corrected chi connectivity index (χ2v) is 5.88. The summed E-state index contributed by atoms with van der Waals surface area (Å²) in [6.07, 6.45) is 2.58. The molecule has 0 amide bonds. The Kier molecular flexibility index (Phi) is 6.59. The van der Waals surface area contributed by atoms with Gasteiger partial charge >= 0.3 is 11.7 Å². The van der Waals surface area contributed by atoms with Gasteiger partial charge in [0.25, 0.3) is 0 Å². The number of esters is 1. The van der Waals surface area contributed by atoms with Crippen molar-refractivity contribution < 1.29 is 19.2 Å². The molecule has 1 unspecified atom stereocenters. The molecule has 0 saturated carbocycles. The standard InChI is InChI=1S/C16H18ClN5O5/c1-8-5-18-12(9(2)15(8)27-4)14(19-7-11(23)26-3)13-10(22(24)25)6-20-16(17)21-13/h5-6,14,19H,7H2,1-4H3. The molecule has 0 aliphatic rings. The molecule has 0 radical (unpaired) electrons. The van der Waals surface area contributed by atoms with E-state index in [2.05, 4.69) is 25.0 Å². The zero-order chi connectivity index (χ0) is 20.1. The highest BCUT2D eigenvalue weighted by Crippen LogP contribution is 2.33. The predicted octanol–water partition coefficient (Wildman–Crippen LogP) is 1.91. The maximum atomic E-state index is 11.6. The zero-order valence-corrected chi connectivity index (χ0v) is 15.9. The molecular formula is C16H18ClN5O5. The van der Waals surface area contributed by atoms with Crippen LogP contribution in [0.3, 0.4) is 0 Å². The zero-order valence-electron chi connectivity index (χ0n) is 15.1. The van der Waals surface area contributed by atoms with Crippen molar-refractivity contribution in [1.82, 2.24) is 20.3 Å². The van der Waals surface area contributed by atoms with E-state index < -0.39 is 16.9 Å². The minimum Gasteiger partial charge on any atom is -0.496 e. The smallest absolute Gasteiger partial charge is 0.319 e. The lowest BCUT2D eigenvalue weighted by Crippen LogP contribution is -2.31. The molecule has 2 heterocycles. The molecule has 2 aromatic rings. The van der Waals surface area contributed by atoms with Gasteiger partial charge in [-0.15, -0.1) is 0 Å². The number of nitrogens with one attached hydrogen (secondary N) is 1. The molecule has 11 heteroatoms. The Morgan fingerprint density at radius 2 is 2.00 bits per heavy atom. The second-order valence-electron chi connectivity index (χ2n) is 5.54. The van der Waals surface area contributed by atoms with Crippen molar-refractivity contribution in [1.29, 1.82) is 0 Å². The molecule has 0 saturated heterocycles. The average Bonchev–Trinajstić information content (AvgIpc) is 2.63. The summed E-state index contributed by atoms with van der Waals surface area (Å²) in [5.41, 5.74) is 1.46. The number of nitrogens with zero attached hydrogens (tertiary/aromatic N) is 4. The van der Waals surface area contributed by atoms with E-state index in [-0.39, 0.29) is 23.2 Å². The van der Waals surface area contributed by atoms with Gasteiger partial charge in [0.15, 0.2) is 0 Å². The minimum atomic E-state index is -0.917. The van der Waals surface area contributed by atoms with E-state index in [1.165, 1.54) is 14.2 Å². The third-order valence-corrected chi connectivity index (χ3v) is 4.06. The molecule has 0 bridgehead atoms. The Bertz CT molecular complexity index is 877. The number of hydrogen-bond acceptors (Lipinski definition) is 9. The van der Waals surface area contributed by atoms with Crippen LogP contribution in [0, 0.1) is 24.0 Å². The third kappa shape index (κ3) is 4.47. The molecule has 0 fully saturated rings. The van der Waals surface area contributed by atoms with Gasteiger partial charge in [-0.05, 0) is 25.4 Å². The monoisotopic (exact) mass is 395 g/mol. The molecule has 144 valence electrons. The quantitative estimate of drug-likeness (QED) is 0.323. The van der Waals surface area contributed by atoms with Crippen molar-refractivity contribution in [3.63, 3.8) is 0 Å². The number of pyridine rings is 1. The molecular weight excluding hydrogens is 378 g/mol. The van der Waals surface area contributed by atoms with E-state index in [1.807, 2.05) is 6.92 Å². The Labute approximate surface area is 160 Å². The Balaban J connectivity index is 2.65. The highest BCUT2D eigenvalue weighted by atomic mass is 35.5. The van der Waals surface area contributed by atoms with Crippen LogP contribution < -0.4 is 10.1 Å². The molecule has 0 aliphatic heterocycles. The summed E-state index contributed by atoms with van der Waals surface area (Å²) in [5, 5.41) is 14.2. The van der Waals surface area contributed by atoms with Gasteiger partial charge in [0.05, 0.1) is 31.4 Å². The van der Waals surface area contributed by atoms with Crippen LogP contribution in [0.5, 0.6) is 5.75 Å². The van der Waals surface area contributed by atoms with Gasteiger partial charge in [-0.3, -0.25) is 25.2 Å². The lowest BCUT2D eigenvalue weighted by molar-refractivity contribution is -0.386. The summed E-state index contributed by atoms with van der Waals surface area (Å²) in [4.78, 5) is 34.5. The molecule has 1 N–H and O–H groups in total. The lowest BCUT2D eigenvalue weighted by Gasteiger charge is -2.21. The summed E-state index contributed by atoms with van der Waals surface area (Å²) in [6.45, 7) is 3.36. The lowest BCUT2D eigenvalue weighted by atomic mass is 10.0. The van der Waals surface area contributed by atoms with Gasteiger partial charge in [-0.1, -0.05) is 0 Å². The number of carbonyl (C=O) groups is 1. The van der Waals surface area contributed by atoms with Gasteiger partial charge in [0, 0.05) is 17.3 Å². The largest absolute Gasteiger partial charge is 0.496 e. The van der Waals surface area contributed by atoms with E-state index in [0.717, 1.165) is 11.8 Å². The third-order valence-electron chi connectivity index (χ3n) is 3.87. The number of aromatic nitrogens is 3. The molecule has 2 aromatic heterocycles. The van der Waals surface area contributed by atoms with Crippen molar-refractivity contribution in [2.45, 2.75) is 19.9 Å². The highest BCUT2D eigenvalue weighted by molar-refractivity contribution is 6.28. The number of methoxy groups -OCH3 is 2. The predicted molar refractivity (Wildman–Crippen MR) is 95.8 cm³/mol. The Morgan fingerprint density at radius 3 is 2.59 bits per heavy atom.